The van der Waals surface area contributed by atoms with Gasteiger partial charge in [-0.25, -0.2) is 0 Å². The maximum Gasteiger partial charge on any atom is 0.119 e. The number of benzene rings is 1. The van der Waals surface area contributed by atoms with Gasteiger partial charge in [-0.2, -0.15) is 0 Å². The summed E-state index contributed by atoms with van der Waals surface area (Å²) in [6.07, 6.45) is 7.25. The second-order valence-corrected chi connectivity index (χ2v) is 6.92. The lowest BCUT2D eigenvalue weighted by Gasteiger charge is -2.44. The van der Waals surface area contributed by atoms with E-state index in [0.717, 1.165) is 29.9 Å². The number of hydrogen-bond donors (Lipinski definition) is 1. The zero-order chi connectivity index (χ0) is 13.7. The van der Waals surface area contributed by atoms with Crippen molar-refractivity contribution in [3.05, 3.63) is 29.3 Å². The average molecular weight is 272 g/mol. The van der Waals surface area contributed by atoms with E-state index in [1.54, 1.807) is 12.7 Å². The number of hydrogen-bond acceptors (Lipinski definition) is 2. The first-order valence-corrected chi connectivity index (χ1v) is 8.13. The molecule has 3 aliphatic carbocycles. The van der Waals surface area contributed by atoms with Crippen molar-refractivity contribution in [2.24, 2.45) is 17.8 Å². The molecule has 0 amide bonds. The Morgan fingerprint density at radius 1 is 1.00 bits per heavy atom. The highest BCUT2D eigenvalue weighted by Crippen LogP contribution is 2.55. The molecule has 0 saturated heterocycles. The van der Waals surface area contributed by atoms with Crippen LogP contribution in [0.15, 0.2) is 18.2 Å². The van der Waals surface area contributed by atoms with Gasteiger partial charge in [0.25, 0.3) is 0 Å². The van der Waals surface area contributed by atoms with Gasteiger partial charge in [-0.15, -0.1) is 0 Å². The van der Waals surface area contributed by atoms with Gasteiger partial charge >= 0.3 is 0 Å². The molecule has 0 unspecified atom stereocenters. The zero-order valence-electron chi connectivity index (χ0n) is 12.2. The highest BCUT2D eigenvalue weighted by Gasteiger charge is 2.47. The third-order valence-corrected chi connectivity index (χ3v) is 6.21. The van der Waals surface area contributed by atoms with Crippen LogP contribution in [0.4, 0.5) is 0 Å². The lowest BCUT2D eigenvalue weighted by atomic mass is 9.61. The first-order valence-electron chi connectivity index (χ1n) is 8.13. The van der Waals surface area contributed by atoms with Gasteiger partial charge in [0.15, 0.2) is 0 Å². The van der Waals surface area contributed by atoms with Crippen LogP contribution in [0.3, 0.4) is 0 Å². The Hall–Kier alpha value is -1.02. The fourth-order valence-electron chi connectivity index (χ4n) is 5.31. The van der Waals surface area contributed by atoms with Crippen molar-refractivity contribution in [3.8, 4) is 5.75 Å². The van der Waals surface area contributed by atoms with Crippen LogP contribution < -0.4 is 4.74 Å². The summed E-state index contributed by atoms with van der Waals surface area (Å²) < 4.78 is 5.37. The van der Waals surface area contributed by atoms with Crippen LogP contribution in [0.1, 0.15) is 49.1 Å². The van der Waals surface area contributed by atoms with E-state index < -0.39 is 0 Å². The molecule has 2 heteroatoms. The van der Waals surface area contributed by atoms with Crippen molar-refractivity contribution in [1.82, 2.24) is 0 Å². The maximum atomic E-state index is 10.2. The van der Waals surface area contributed by atoms with Crippen LogP contribution >= 0.6 is 0 Å². The van der Waals surface area contributed by atoms with E-state index >= 15 is 0 Å². The number of rotatable bonds is 1. The first kappa shape index (κ1) is 12.7. The molecule has 0 heterocycles. The summed E-state index contributed by atoms with van der Waals surface area (Å²) in [5, 5.41) is 10.2. The number of fused-ring (bicyclic) bond motifs is 5. The zero-order valence-corrected chi connectivity index (χ0v) is 12.2. The predicted molar refractivity (Wildman–Crippen MR) is 79.0 cm³/mol. The number of ether oxygens (including phenoxy) is 1. The van der Waals surface area contributed by atoms with E-state index in [4.69, 9.17) is 4.74 Å². The molecule has 1 N–H and O–H groups in total. The second kappa shape index (κ2) is 4.77. The van der Waals surface area contributed by atoms with Gasteiger partial charge in [0, 0.05) is 0 Å². The van der Waals surface area contributed by atoms with Crippen LogP contribution in [-0.2, 0) is 6.42 Å². The lowest BCUT2D eigenvalue weighted by molar-refractivity contribution is 0.0566. The Kier molecular flexibility index (Phi) is 3.03. The molecule has 0 aliphatic heterocycles. The smallest absolute Gasteiger partial charge is 0.119 e. The minimum Gasteiger partial charge on any atom is -0.497 e. The van der Waals surface area contributed by atoms with E-state index in [1.807, 2.05) is 0 Å². The van der Waals surface area contributed by atoms with E-state index in [9.17, 15) is 5.11 Å². The first-order chi connectivity index (χ1) is 9.78. The van der Waals surface area contributed by atoms with E-state index in [2.05, 4.69) is 18.2 Å². The van der Waals surface area contributed by atoms with Gasteiger partial charge in [0.1, 0.15) is 5.75 Å². The highest BCUT2D eigenvalue weighted by molar-refractivity contribution is 5.40. The quantitative estimate of drug-likeness (QED) is 0.847. The Labute approximate surface area is 121 Å². The molecule has 4 rings (SSSR count). The standard InChI is InChI=1S/C18H24O2/c1-20-12-3-5-13-11(10-12)2-4-15-14(13)6-7-17-16(15)8-9-18(17)19/h3,5,10,14-19H,2,4,6-9H2,1H3/t14-,15-,16+,17-,18-/m1/s1. The average Bonchev–Trinajstić information content (AvgIpc) is 2.88. The number of methoxy groups -OCH3 is 1. The van der Waals surface area contributed by atoms with Crippen LogP contribution in [0, 0.1) is 17.8 Å². The maximum absolute atomic E-state index is 10.2. The number of aliphatic hydroxyl groups is 1. The van der Waals surface area contributed by atoms with Gasteiger partial charge in [-0.3, -0.25) is 0 Å². The molecule has 1 aromatic carbocycles. The summed E-state index contributed by atoms with van der Waals surface area (Å²) in [5.74, 6) is 3.91. The van der Waals surface area contributed by atoms with Crippen molar-refractivity contribution in [2.75, 3.05) is 7.11 Å². The molecule has 2 nitrogen and oxygen atoms in total. The van der Waals surface area contributed by atoms with Crippen LogP contribution in [-0.4, -0.2) is 18.3 Å². The molecular formula is C18H24O2. The van der Waals surface area contributed by atoms with Crippen LogP contribution in [0.25, 0.3) is 0 Å². The molecule has 20 heavy (non-hydrogen) atoms. The van der Waals surface area contributed by atoms with Gasteiger partial charge in [0.2, 0.25) is 0 Å². The van der Waals surface area contributed by atoms with Crippen molar-refractivity contribution >= 4 is 0 Å². The number of aliphatic hydroxyl groups excluding tert-OH is 1. The van der Waals surface area contributed by atoms with Crippen molar-refractivity contribution in [3.63, 3.8) is 0 Å². The van der Waals surface area contributed by atoms with E-state index in [1.165, 1.54) is 37.7 Å². The molecule has 0 radical (unpaired) electrons. The summed E-state index contributed by atoms with van der Waals surface area (Å²) in [4.78, 5) is 0. The van der Waals surface area contributed by atoms with Gasteiger partial charge in [0.05, 0.1) is 13.2 Å². The third kappa shape index (κ3) is 1.81. The minimum atomic E-state index is -0.0155. The largest absolute Gasteiger partial charge is 0.497 e. The SMILES string of the molecule is COc1ccc2c(c1)CC[C@H]1[C@@H]3CC[C@@H](O)[C@@H]3CC[C@H]21. The lowest BCUT2D eigenvalue weighted by Crippen LogP contribution is -2.36. The summed E-state index contributed by atoms with van der Waals surface area (Å²) in [7, 11) is 1.75. The molecule has 2 saturated carbocycles. The monoisotopic (exact) mass is 272 g/mol. The summed E-state index contributed by atoms with van der Waals surface area (Å²) >= 11 is 0. The molecule has 3 aliphatic rings. The molecule has 0 bridgehead atoms. The Balaban J connectivity index is 1.66. The number of aryl methyl sites for hydroxylation is 1. The third-order valence-electron chi connectivity index (χ3n) is 6.21. The highest BCUT2D eigenvalue weighted by atomic mass is 16.5. The van der Waals surface area contributed by atoms with Crippen LogP contribution in [0.5, 0.6) is 5.75 Å². The second-order valence-electron chi connectivity index (χ2n) is 6.92. The van der Waals surface area contributed by atoms with Crippen molar-refractivity contribution in [2.45, 2.75) is 50.5 Å². The Morgan fingerprint density at radius 2 is 1.85 bits per heavy atom. The molecule has 108 valence electrons. The Bertz CT molecular complexity index is 510. The Morgan fingerprint density at radius 3 is 2.70 bits per heavy atom. The van der Waals surface area contributed by atoms with E-state index in [0.29, 0.717) is 5.92 Å². The van der Waals surface area contributed by atoms with Crippen LogP contribution in [0.2, 0.25) is 0 Å². The normalized spacial score (nSPS) is 38.8. The summed E-state index contributed by atoms with van der Waals surface area (Å²) in [6, 6.07) is 6.66. The molecule has 2 fully saturated rings. The molecule has 1 aromatic rings. The summed E-state index contributed by atoms with van der Waals surface area (Å²) in [5.41, 5.74) is 3.07. The fraction of sp³-hybridized carbons (Fsp3) is 0.667. The molecule has 5 atom stereocenters. The van der Waals surface area contributed by atoms with Crippen molar-refractivity contribution < 1.29 is 9.84 Å². The predicted octanol–water partition coefficient (Wildman–Crippen LogP) is 3.52. The van der Waals surface area contributed by atoms with Gasteiger partial charge < -0.3 is 9.84 Å². The van der Waals surface area contributed by atoms with Crippen molar-refractivity contribution in [1.29, 1.82) is 0 Å². The van der Waals surface area contributed by atoms with E-state index in [-0.39, 0.29) is 6.10 Å². The minimum absolute atomic E-state index is 0.0155. The van der Waals surface area contributed by atoms with Gasteiger partial charge in [-0.05, 0) is 85.5 Å². The van der Waals surface area contributed by atoms with Gasteiger partial charge in [-0.1, -0.05) is 6.07 Å². The molecule has 0 spiro atoms. The fourth-order valence-corrected chi connectivity index (χ4v) is 5.31. The molecule has 0 aromatic heterocycles. The summed E-state index contributed by atoms with van der Waals surface area (Å²) in [6.45, 7) is 0. The topological polar surface area (TPSA) is 29.5 Å². The molecular weight excluding hydrogens is 248 g/mol.